The molecule has 35 heavy (non-hydrogen) atoms. The van der Waals surface area contributed by atoms with Crippen LogP contribution in [0.25, 0.3) is 28.5 Å². The summed E-state index contributed by atoms with van der Waals surface area (Å²) in [6.07, 6.45) is 1.56. The third-order valence-electron chi connectivity index (χ3n) is 5.29. The first kappa shape index (κ1) is 22.4. The fourth-order valence-electron chi connectivity index (χ4n) is 3.60. The molecule has 1 N–H and O–H groups in total. The molecule has 11 heteroatoms. The molecule has 176 valence electrons. The van der Waals surface area contributed by atoms with Crippen LogP contribution in [0.3, 0.4) is 0 Å². The number of anilines is 1. The highest BCUT2D eigenvalue weighted by atomic mass is 35.5. The van der Waals surface area contributed by atoms with Gasteiger partial charge in [-0.25, -0.2) is 13.9 Å². The number of pyridine rings is 1. The Bertz CT molecular complexity index is 1600. The Morgan fingerprint density at radius 3 is 2.74 bits per heavy atom. The number of hydrogen-bond donors (Lipinski definition) is 1. The van der Waals surface area contributed by atoms with Gasteiger partial charge in [0.2, 0.25) is 11.7 Å². The largest absolute Gasteiger partial charge is 0.495 e. The standard InChI is InChI=1S/C24H19ClN6O4/c1-14-5-10-19(34-2)18(12-14)26-20(32)13-31-24(33)30-11-3-4-17(22(30)28-31)23-27-21(29-35-23)15-6-8-16(25)9-7-15/h3-12H,13H2,1-2H3,(H,26,32). The van der Waals surface area contributed by atoms with Crippen LogP contribution in [0.4, 0.5) is 5.69 Å². The first-order valence-electron chi connectivity index (χ1n) is 10.6. The van der Waals surface area contributed by atoms with Crippen molar-refractivity contribution in [2.24, 2.45) is 0 Å². The van der Waals surface area contributed by atoms with Crippen molar-refractivity contribution in [3.05, 3.63) is 81.9 Å². The van der Waals surface area contributed by atoms with E-state index in [0.29, 0.717) is 27.8 Å². The molecule has 3 heterocycles. The summed E-state index contributed by atoms with van der Waals surface area (Å²) in [5.41, 5.74) is 2.44. The number of nitrogens with zero attached hydrogens (tertiary/aromatic N) is 5. The Labute approximate surface area is 203 Å². The normalized spacial score (nSPS) is 11.1. The molecule has 0 saturated carbocycles. The van der Waals surface area contributed by atoms with Crippen LogP contribution in [0.2, 0.25) is 5.02 Å². The maximum Gasteiger partial charge on any atom is 0.350 e. The number of hydrogen-bond acceptors (Lipinski definition) is 7. The summed E-state index contributed by atoms with van der Waals surface area (Å²) in [4.78, 5) is 30.1. The zero-order valence-electron chi connectivity index (χ0n) is 18.7. The van der Waals surface area contributed by atoms with Crippen LogP contribution in [0.5, 0.6) is 5.75 Å². The summed E-state index contributed by atoms with van der Waals surface area (Å²) in [6.45, 7) is 1.61. The second kappa shape index (κ2) is 9.07. The van der Waals surface area contributed by atoms with E-state index in [2.05, 4.69) is 20.6 Å². The molecule has 0 aliphatic heterocycles. The lowest BCUT2D eigenvalue weighted by molar-refractivity contribution is -0.117. The topological polar surface area (TPSA) is 117 Å². The van der Waals surface area contributed by atoms with Crippen molar-refractivity contribution in [2.75, 3.05) is 12.4 Å². The van der Waals surface area contributed by atoms with Crippen LogP contribution in [-0.4, -0.2) is 37.3 Å². The molecule has 10 nitrogen and oxygen atoms in total. The van der Waals surface area contributed by atoms with Crippen molar-refractivity contribution >= 4 is 28.8 Å². The number of carbonyl (C=O) groups is 1. The Morgan fingerprint density at radius 1 is 1.17 bits per heavy atom. The summed E-state index contributed by atoms with van der Waals surface area (Å²) < 4.78 is 13.1. The smallest absolute Gasteiger partial charge is 0.350 e. The maximum atomic E-state index is 12.9. The molecule has 0 fully saturated rings. The molecule has 0 atom stereocenters. The van der Waals surface area contributed by atoms with Gasteiger partial charge in [-0.3, -0.25) is 4.79 Å². The lowest BCUT2D eigenvalue weighted by Crippen LogP contribution is -2.28. The van der Waals surface area contributed by atoms with Gasteiger partial charge in [0.15, 0.2) is 5.65 Å². The number of ether oxygens (including phenoxy) is 1. The summed E-state index contributed by atoms with van der Waals surface area (Å²) in [5.74, 6) is 0.642. The zero-order chi connectivity index (χ0) is 24.5. The van der Waals surface area contributed by atoms with Gasteiger partial charge in [0.05, 0.1) is 18.4 Å². The van der Waals surface area contributed by atoms with Crippen LogP contribution < -0.4 is 15.7 Å². The summed E-state index contributed by atoms with van der Waals surface area (Å²) >= 11 is 5.94. The van der Waals surface area contributed by atoms with E-state index in [1.165, 1.54) is 11.5 Å². The van der Waals surface area contributed by atoms with E-state index in [-0.39, 0.29) is 18.1 Å². The van der Waals surface area contributed by atoms with Gasteiger partial charge in [-0.2, -0.15) is 4.98 Å². The van der Waals surface area contributed by atoms with E-state index in [4.69, 9.17) is 20.9 Å². The Kier molecular flexibility index (Phi) is 5.79. The average Bonchev–Trinajstić information content (AvgIpc) is 3.45. The fourth-order valence-corrected chi connectivity index (χ4v) is 3.73. The molecule has 3 aromatic heterocycles. The SMILES string of the molecule is COc1ccc(C)cc1NC(=O)Cn1nc2c(-c3nc(-c4ccc(Cl)cc4)no3)cccn2c1=O. The number of fused-ring (bicyclic) bond motifs is 1. The Hall–Kier alpha value is -4.44. The van der Waals surface area contributed by atoms with Crippen LogP contribution in [0.15, 0.2) is 70.1 Å². The van der Waals surface area contributed by atoms with Gasteiger partial charge in [0.25, 0.3) is 5.89 Å². The molecule has 1 amide bonds. The first-order valence-corrected chi connectivity index (χ1v) is 10.9. The molecule has 0 bridgehead atoms. The number of amides is 1. The molecular weight excluding hydrogens is 472 g/mol. The second-order valence-corrected chi connectivity index (χ2v) is 8.17. The van der Waals surface area contributed by atoms with E-state index in [0.717, 1.165) is 15.8 Å². The lowest BCUT2D eigenvalue weighted by atomic mass is 10.2. The van der Waals surface area contributed by atoms with Gasteiger partial charge in [-0.1, -0.05) is 22.8 Å². The summed E-state index contributed by atoms with van der Waals surface area (Å²) in [6, 6.07) is 15.8. The fraction of sp³-hybridized carbons (Fsp3) is 0.125. The van der Waals surface area contributed by atoms with Gasteiger partial charge >= 0.3 is 5.69 Å². The molecule has 0 spiro atoms. The van der Waals surface area contributed by atoms with E-state index >= 15 is 0 Å². The molecule has 0 aliphatic carbocycles. The minimum Gasteiger partial charge on any atom is -0.495 e. The monoisotopic (exact) mass is 490 g/mol. The van der Waals surface area contributed by atoms with Crippen molar-refractivity contribution in [1.29, 1.82) is 0 Å². The first-order chi connectivity index (χ1) is 16.9. The van der Waals surface area contributed by atoms with Gasteiger partial charge in [0.1, 0.15) is 12.3 Å². The quantitative estimate of drug-likeness (QED) is 0.384. The molecule has 2 aromatic carbocycles. The van der Waals surface area contributed by atoms with Crippen LogP contribution >= 0.6 is 11.6 Å². The predicted molar refractivity (Wildman–Crippen MR) is 130 cm³/mol. The lowest BCUT2D eigenvalue weighted by Gasteiger charge is -2.10. The highest BCUT2D eigenvalue weighted by Gasteiger charge is 2.19. The molecule has 0 radical (unpaired) electrons. The third-order valence-corrected chi connectivity index (χ3v) is 5.54. The molecule has 0 unspecified atom stereocenters. The molecule has 5 aromatic rings. The molecular formula is C24H19ClN6O4. The summed E-state index contributed by atoms with van der Waals surface area (Å²) in [7, 11) is 1.52. The van der Waals surface area contributed by atoms with Gasteiger partial charge in [0, 0.05) is 16.8 Å². The van der Waals surface area contributed by atoms with Crippen LogP contribution in [-0.2, 0) is 11.3 Å². The van der Waals surface area contributed by atoms with Crippen LogP contribution in [0, 0.1) is 6.92 Å². The number of methoxy groups -OCH3 is 1. The highest BCUT2D eigenvalue weighted by molar-refractivity contribution is 6.30. The van der Waals surface area contributed by atoms with Gasteiger partial charge < -0.3 is 14.6 Å². The van der Waals surface area contributed by atoms with Crippen molar-refractivity contribution in [3.8, 4) is 28.6 Å². The van der Waals surface area contributed by atoms with Crippen molar-refractivity contribution in [1.82, 2.24) is 24.3 Å². The van der Waals surface area contributed by atoms with E-state index in [1.54, 1.807) is 54.7 Å². The minimum atomic E-state index is -0.481. The van der Waals surface area contributed by atoms with Crippen molar-refractivity contribution < 1.29 is 14.1 Å². The average molecular weight is 491 g/mol. The number of benzene rings is 2. The second-order valence-electron chi connectivity index (χ2n) is 7.74. The Morgan fingerprint density at radius 2 is 1.97 bits per heavy atom. The van der Waals surface area contributed by atoms with Crippen LogP contribution in [0.1, 0.15) is 5.56 Å². The number of aryl methyl sites for hydroxylation is 1. The predicted octanol–water partition coefficient (Wildman–Crippen LogP) is 3.82. The third kappa shape index (κ3) is 4.38. The van der Waals surface area contributed by atoms with Gasteiger partial charge in [-0.15, -0.1) is 5.10 Å². The molecule has 0 saturated heterocycles. The number of rotatable bonds is 6. The maximum absolute atomic E-state index is 12.9. The number of carbonyl (C=O) groups excluding carboxylic acids is 1. The van der Waals surface area contributed by atoms with Gasteiger partial charge in [-0.05, 0) is 61.0 Å². The minimum absolute atomic E-state index is 0.187. The summed E-state index contributed by atoms with van der Waals surface area (Å²) in [5, 5.41) is 11.7. The number of halogens is 1. The number of aromatic nitrogens is 5. The Balaban J connectivity index is 1.44. The van der Waals surface area contributed by atoms with Crippen molar-refractivity contribution in [3.63, 3.8) is 0 Å². The molecule has 0 aliphatic rings. The number of nitrogens with one attached hydrogen (secondary N) is 1. The zero-order valence-corrected chi connectivity index (χ0v) is 19.5. The van der Waals surface area contributed by atoms with E-state index < -0.39 is 11.6 Å². The van der Waals surface area contributed by atoms with E-state index in [9.17, 15) is 9.59 Å². The van der Waals surface area contributed by atoms with E-state index in [1.807, 2.05) is 13.0 Å². The van der Waals surface area contributed by atoms with Crippen molar-refractivity contribution in [2.45, 2.75) is 13.5 Å². The highest BCUT2D eigenvalue weighted by Crippen LogP contribution is 2.26. The molecule has 5 rings (SSSR count).